The van der Waals surface area contributed by atoms with Crippen molar-refractivity contribution in [3.8, 4) is 0 Å². The number of allylic oxidation sites excluding steroid dienone is 1. The molecule has 0 N–H and O–H groups in total. The minimum absolute atomic E-state index is 1.16. The number of benzene rings is 1. The molecule has 0 saturated carbocycles. The van der Waals surface area contributed by atoms with Crippen LogP contribution in [0.2, 0.25) is 13.3 Å². The number of hydrogen-bond donors (Lipinski definition) is 0. The SMILES string of the molecule is C=C(C)c1cc[c]([Sn]([CH2]C)([CH2]C)[CH2]C)cc1. The molecule has 0 aromatic heterocycles. The zero-order valence-corrected chi connectivity index (χ0v) is 14.0. The molecule has 0 spiro atoms. The van der Waals surface area contributed by atoms with Gasteiger partial charge in [-0.2, -0.15) is 0 Å². The van der Waals surface area contributed by atoms with E-state index in [0.717, 1.165) is 5.57 Å². The monoisotopic (exact) mass is 324 g/mol. The maximum absolute atomic E-state index is 3.99. The van der Waals surface area contributed by atoms with Crippen molar-refractivity contribution in [2.75, 3.05) is 0 Å². The van der Waals surface area contributed by atoms with Gasteiger partial charge in [-0.1, -0.05) is 0 Å². The number of hydrogen-bond acceptors (Lipinski definition) is 0. The Labute approximate surface area is 105 Å². The predicted molar refractivity (Wildman–Crippen MR) is 78.0 cm³/mol. The Hall–Kier alpha value is -0.241. The Morgan fingerprint density at radius 3 is 1.75 bits per heavy atom. The first-order valence-corrected chi connectivity index (χ1v) is 13.8. The summed E-state index contributed by atoms with van der Waals surface area (Å²) in [5.74, 6) is 0. The summed E-state index contributed by atoms with van der Waals surface area (Å²) in [4.78, 5) is 0. The first-order chi connectivity index (χ1) is 7.59. The van der Waals surface area contributed by atoms with Crippen molar-refractivity contribution in [1.82, 2.24) is 0 Å². The van der Waals surface area contributed by atoms with Crippen molar-refractivity contribution >= 4 is 27.5 Å². The summed E-state index contributed by atoms with van der Waals surface area (Å²) in [6.45, 7) is 13.2. The van der Waals surface area contributed by atoms with Gasteiger partial charge in [0.2, 0.25) is 0 Å². The molecule has 0 bridgehead atoms. The molecular weight excluding hydrogens is 299 g/mol. The molecule has 1 heteroatoms. The van der Waals surface area contributed by atoms with Crippen LogP contribution in [0.3, 0.4) is 0 Å². The third-order valence-corrected chi connectivity index (χ3v) is 20.1. The van der Waals surface area contributed by atoms with Gasteiger partial charge < -0.3 is 0 Å². The van der Waals surface area contributed by atoms with Crippen LogP contribution in [0.15, 0.2) is 30.8 Å². The van der Waals surface area contributed by atoms with Gasteiger partial charge in [0, 0.05) is 0 Å². The standard InChI is InChI=1S/C9H9.3C2H5.Sn/c1-8(2)9-6-4-3-5-7-9;3*1-2;/h4-7H,1H2,2H3;3*1H2,2H3;. The van der Waals surface area contributed by atoms with Crippen LogP contribution in [0, 0.1) is 0 Å². The van der Waals surface area contributed by atoms with Crippen molar-refractivity contribution in [2.45, 2.75) is 41.0 Å². The Bertz CT molecular complexity index is 336. The minimum atomic E-state index is -1.97. The van der Waals surface area contributed by atoms with Crippen LogP contribution in [0.25, 0.3) is 5.57 Å². The molecule has 0 aliphatic rings. The molecule has 0 atom stereocenters. The molecule has 0 aliphatic heterocycles. The fourth-order valence-corrected chi connectivity index (χ4v) is 12.7. The summed E-state index contributed by atoms with van der Waals surface area (Å²) in [7, 11) is 0. The molecule has 0 radical (unpaired) electrons. The molecule has 16 heavy (non-hydrogen) atoms. The summed E-state index contributed by atoms with van der Waals surface area (Å²) in [6, 6.07) is 9.25. The van der Waals surface area contributed by atoms with E-state index in [1.165, 1.54) is 18.9 Å². The molecule has 88 valence electrons. The summed E-state index contributed by atoms with van der Waals surface area (Å²) < 4.78 is 5.96. The van der Waals surface area contributed by atoms with Crippen LogP contribution in [-0.4, -0.2) is 18.4 Å². The van der Waals surface area contributed by atoms with Crippen LogP contribution in [-0.2, 0) is 0 Å². The third kappa shape index (κ3) is 2.71. The van der Waals surface area contributed by atoms with E-state index in [2.05, 4.69) is 58.5 Å². The van der Waals surface area contributed by atoms with E-state index in [4.69, 9.17) is 0 Å². The summed E-state index contributed by atoms with van der Waals surface area (Å²) in [5, 5.41) is 0. The Morgan fingerprint density at radius 2 is 1.44 bits per heavy atom. The molecule has 1 aromatic rings. The van der Waals surface area contributed by atoms with Crippen LogP contribution < -0.4 is 3.58 Å². The van der Waals surface area contributed by atoms with Gasteiger partial charge in [-0.05, 0) is 0 Å². The van der Waals surface area contributed by atoms with Gasteiger partial charge in [-0.15, -0.1) is 0 Å². The predicted octanol–water partition coefficient (Wildman–Crippen LogP) is 4.44. The Balaban J connectivity index is 3.08. The van der Waals surface area contributed by atoms with E-state index in [1.807, 2.05) is 0 Å². The Kier molecular flexibility index (Phi) is 5.10. The van der Waals surface area contributed by atoms with Crippen LogP contribution in [0.4, 0.5) is 0 Å². The average molecular weight is 323 g/mol. The normalized spacial score (nSPS) is 11.5. The van der Waals surface area contributed by atoms with Crippen molar-refractivity contribution in [3.63, 3.8) is 0 Å². The zero-order valence-electron chi connectivity index (χ0n) is 11.1. The topological polar surface area (TPSA) is 0 Å². The van der Waals surface area contributed by atoms with E-state index in [0.29, 0.717) is 0 Å². The average Bonchev–Trinajstić information content (AvgIpc) is 2.33. The molecule has 0 aliphatic carbocycles. The molecule has 0 fully saturated rings. The molecule has 0 amide bonds. The third-order valence-electron chi connectivity index (χ3n) is 4.02. The fraction of sp³-hybridized carbons (Fsp3) is 0.467. The first kappa shape index (κ1) is 13.8. The van der Waals surface area contributed by atoms with Crippen LogP contribution in [0.1, 0.15) is 33.3 Å². The quantitative estimate of drug-likeness (QED) is 0.703. The molecule has 0 nitrogen and oxygen atoms in total. The summed E-state index contributed by atoms with van der Waals surface area (Å²) >= 11 is -1.97. The van der Waals surface area contributed by atoms with Crippen molar-refractivity contribution in [2.24, 2.45) is 0 Å². The molecule has 0 saturated heterocycles. The molecule has 0 heterocycles. The van der Waals surface area contributed by atoms with Gasteiger partial charge in [0.15, 0.2) is 0 Å². The van der Waals surface area contributed by atoms with Gasteiger partial charge in [0.25, 0.3) is 0 Å². The van der Waals surface area contributed by atoms with Crippen LogP contribution in [0.5, 0.6) is 0 Å². The molecule has 1 aromatic carbocycles. The fourth-order valence-electron chi connectivity index (χ4n) is 2.47. The van der Waals surface area contributed by atoms with Crippen molar-refractivity contribution in [3.05, 3.63) is 36.4 Å². The van der Waals surface area contributed by atoms with Gasteiger partial charge >= 0.3 is 105 Å². The molecule has 1 rings (SSSR count). The van der Waals surface area contributed by atoms with Crippen molar-refractivity contribution in [1.29, 1.82) is 0 Å². The second kappa shape index (κ2) is 5.90. The second-order valence-corrected chi connectivity index (χ2v) is 19.7. The summed E-state index contributed by atoms with van der Waals surface area (Å²) in [6.07, 6.45) is 0. The van der Waals surface area contributed by atoms with E-state index in [1.54, 1.807) is 3.58 Å². The second-order valence-electron chi connectivity index (χ2n) is 4.70. The van der Waals surface area contributed by atoms with Gasteiger partial charge in [0.05, 0.1) is 0 Å². The van der Waals surface area contributed by atoms with Gasteiger partial charge in [-0.25, -0.2) is 0 Å². The number of rotatable bonds is 5. The Morgan fingerprint density at radius 1 is 1.00 bits per heavy atom. The van der Waals surface area contributed by atoms with Crippen LogP contribution >= 0.6 is 0 Å². The van der Waals surface area contributed by atoms with Crippen molar-refractivity contribution < 1.29 is 0 Å². The summed E-state index contributed by atoms with van der Waals surface area (Å²) in [5.41, 5.74) is 2.45. The van der Waals surface area contributed by atoms with E-state index in [9.17, 15) is 0 Å². The maximum atomic E-state index is 3.99. The first-order valence-electron chi connectivity index (χ1n) is 6.36. The molecular formula is C15H24Sn. The van der Waals surface area contributed by atoms with Gasteiger partial charge in [-0.3, -0.25) is 0 Å². The molecule has 0 unspecified atom stereocenters. The zero-order chi connectivity index (χ0) is 12.2. The van der Waals surface area contributed by atoms with E-state index < -0.39 is 18.4 Å². The van der Waals surface area contributed by atoms with Gasteiger partial charge in [0.1, 0.15) is 0 Å². The van der Waals surface area contributed by atoms with E-state index >= 15 is 0 Å². The van der Waals surface area contributed by atoms with E-state index in [-0.39, 0.29) is 0 Å².